The number of hydrogen-bond donors (Lipinski definition) is 1. The predicted octanol–water partition coefficient (Wildman–Crippen LogP) is 2.58. The van der Waals surface area contributed by atoms with E-state index in [4.69, 9.17) is 4.74 Å². The Bertz CT molecular complexity index is 542. The van der Waals surface area contributed by atoms with Crippen molar-refractivity contribution in [2.24, 2.45) is 0 Å². The summed E-state index contributed by atoms with van der Waals surface area (Å²) in [5, 5.41) is 0. The number of aromatic nitrogens is 2. The van der Waals surface area contributed by atoms with E-state index in [1.807, 2.05) is 30.5 Å². The summed E-state index contributed by atoms with van der Waals surface area (Å²) in [6.07, 6.45) is 7.51. The van der Waals surface area contributed by atoms with Crippen molar-refractivity contribution in [3.63, 3.8) is 0 Å². The van der Waals surface area contributed by atoms with Crippen molar-refractivity contribution in [2.45, 2.75) is 13.3 Å². The van der Waals surface area contributed by atoms with Crippen LogP contribution < -0.4 is 0 Å². The van der Waals surface area contributed by atoms with Crippen LogP contribution in [0.25, 0.3) is 6.08 Å². The number of ether oxygens (including phenoxy) is 1. The third kappa shape index (κ3) is 4.10. The molecule has 1 N–H and O–H groups in total. The number of nitrogens with one attached hydrogen (secondary N) is 1. The van der Waals surface area contributed by atoms with E-state index in [1.165, 1.54) is 11.6 Å². The number of H-pyrrole nitrogens is 1. The second-order valence-electron chi connectivity index (χ2n) is 4.04. The molecule has 0 aliphatic rings. The monoisotopic (exact) mass is 256 g/mol. The molecule has 0 unspecified atom stereocenters. The Hall–Kier alpha value is -2.36. The van der Waals surface area contributed by atoms with Gasteiger partial charge in [0.15, 0.2) is 0 Å². The van der Waals surface area contributed by atoms with Crippen molar-refractivity contribution in [2.75, 3.05) is 6.61 Å². The van der Waals surface area contributed by atoms with Gasteiger partial charge in [-0.2, -0.15) is 0 Å². The average Bonchev–Trinajstić information content (AvgIpc) is 2.91. The van der Waals surface area contributed by atoms with E-state index in [9.17, 15) is 4.79 Å². The van der Waals surface area contributed by atoms with Crippen LogP contribution in [0.1, 0.15) is 23.9 Å². The molecule has 2 rings (SSSR count). The van der Waals surface area contributed by atoms with E-state index in [-0.39, 0.29) is 5.97 Å². The molecule has 4 heteroatoms. The zero-order chi connectivity index (χ0) is 13.5. The topological polar surface area (TPSA) is 55.0 Å². The van der Waals surface area contributed by atoms with Crippen LogP contribution in [0, 0.1) is 0 Å². The lowest BCUT2D eigenvalue weighted by Gasteiger charge is -2.00. The van der Waals surface area contributed by atoms with Crippen LogP contribution in [-0.2, 0) is 16.0 Å². The predicted molar refractivity (Wildman–Crippen MR) is 73.5 cm³/mol. The summed E-state index contributed by atoms with van der Waals surface area (Å²) >= 11 is 0. The summed E-state index contributed by atoms with van der Waals surface area (Å²) in [6.45, 7) is 2.18. The fourth-order valence-corrected chi connectivity index (χ4v) is 1.69. The Labute approximate surface area is 112 Å². The molecule has 0 atom stereocenters. The highest BCUT2D eigenvalue weighted by atomic mass is 16.5. The summed E-state index contributed by atoms with van der Waals surface area (Å²) in [5.41, 5.74) is 2.14. The van der Waals surface area contributed by atoms with Crippen LogP contribution in [0.15, 0.2) is 42.7 Å². The lowest BCUT2D eigenvalue weighted by molar-refractivity contribution is -0.137. The highest BCUT2D eigenvalue weighted by molar-refractivity contribution is 5.87. The zero-order valence-electron chi connectivity index (χ0n) is 10.8. The Morgan fingerprint density at radius 3 is 2.79 bits per heavy atom. The molecule has 0 amide bonds. The van der Waals surface area contributed by atoms with E-state index in [0.717, 1.165) is 17.8 Å². The number of esters is 1. The summed E-state index contributed by atoms with van der Waals surface area (Å²) in [6, 6.07) is 7.97. The molecule has 0 aliphatic carbocycles. The highest BCUT2D eigenvalue weighted by Crippen LogP contribution is 2.09. The van der Waals surface area contributed by atoms with E-state index in [0.29, 0.717) is 6.61 Å². The first kappa shape index (κ1) is 13.1. The van der Waals surface area contributed by atoms with Crippen LogP contribution in [0.4, 0.5) is 0 Å². The van der Waals surface area contributed by atoms with E-state index in [2.05, 4.69) is 9.97 Å². The Morgan fingerprint density at radius 1 is 1.37 bits per heavy atom. The van der Waals surface area contributed by atoms with Gasteiger partial charge in [0.25, 0.3) is 0 Å². The molecule has 19 heavy (non-hydrogen) atoms. The lowest BCUT2D eigenvalue weighted by atomic mass is 10.1. The smallest absolute Gasteiger partial charge is 0.330 e. The Kier molecular flexibility index (Phi) is 4.50. The molecule has 0 fully saturated rings. The van der Waals surface area contributed by atoms with Gasteiger partial charge in [0.2, 0.25) is 0 Å². The van der Waals surface area contributed by atoms with Gasteiger partial charge in [-0.3, -0.25) is 0 Å². The Balaban J connectivity index is 1.96. The van der Waals surface area contributed by atoms with Gasteiger partial charge >= 0.3 is 5.97 Å². The van der Waals surface area contributed by atoms with Crippen molar-refractivity contribution in [3.05, 3.63) is 59.7 Å². The Morgan fingerprint density at radius 2 is 2.16 bits per heavy atom. The molecule has 98 valence electrons. The number of aromatic amines is 1. The van der Waals surface area contributed by atoms with Crippen molar-refractivity contribution in [1.29, 1.82) is 0 Å². The maximum absolute atomic E-state index is 11.2. The molecular formula is C15H16N2O2. The second kappa shape index (κ2) is 6.54. The number of hydrogen-bond acceptors (Lipinski definition) is 3. The normalized spacial score (nSPS) is 10.8. The van der Waals surface area contributed by atoms with Crippen LogP contribution in [0.3, 0.4) is 0 Å². The molecule has 2 aromatic rings. The van der Waals surface area contributed by atoms with Gasteiger partial charge in [-0.05, 0) is 24.1 Å². The molecule has 1 aromatic heterocycles. The van der Waals surface area contributed by atoms with Crippen molar-refractivity contribution >= 4 is 12.0 Å². The van der Waals surface area contributed by atoms with E-state index < -0.39 is 0 Å². The minimum atomic E-state index is -0.317. The molecule has 0 bridgehead atoms. The molecular weight excluding hydrogens is 240 g/mol. The van der Waals surface area contributed by atoms with Gasteiger partial charge < -0.3 is 9.72 Å². The number of carbonyl (C=O) groups excluding carboxylic acids is 1. The minimum absolute atomic E-state index is 0.317. The molecule has 0 aliphatic heterocycles. The van der Waals surface area contributed by atoms with Crippen LogP contribution >= 0.6 is 0 Å². The van der Waals surface area contributed by atoms with E-state index >= 15 is 0 Å². The van der Waals surface area contributed by atoms with Crippen molar-refractivity contribution in [3.8, 4) is 0 Å². The summed E-state index contributed by atoms with van der Waals surface area (Å²) in [4.78, 5) is 18.4. The van der Waals surface area contributed by atoms with Gasteiger partial charge in [0, 0.05) is 24.9 Å². The SMILES string of the molecule is CCOC(=O)C=Cc1ccc(Cc2ncc[nH]2)cc1. The molecule has 0 radical (unpaired) electrons. The van der Waals surface area contributed by atoms with E-state index in [1.54, 1.807) is 19.2 Å². The van der Waals surface area contributed by atoms with Crippen LogP contribution in [0.5, 0.6) is 0 Å². The quantitative estimate of drug-likeness (QED) is 0.660. The third-order valence-corrected chi connectivity index (χ3v) is 2.60. The second-order valence-corrected chi connectivity index (χ2v) is 4.04. The fourth-order valence-electron chi connectivity index (χ4n) is 1.69. The average molecular weight is 256 g/mol. The largest absolute Gasteiger partial charge is 0.463 e. The number of benzene rings is 1. The van der Waals surface area contributed by atoms with Crippen molar-refractivity contribution in [1.82, 2.24) is 9.97 Å². The molecule has 1 aromatic carbocycles. The molecule has 4 nitrogen and oxygen atoms in total. The standard InChI is InChI=1S/C15H16N2O2/c1-2-19-15(18)8-7-12-3-5-13(6-4-12)11-14-16-9-10-17-14/h3-10H,2,11H2,1H3,(H,16,17). The molecule has 0 saturated carbocycles. The van der Waals surface area contributed by atoms with Crippen LogP contribution in [0.2, 0.25) is 0 Å². The van der Waals surface area contributed by atoms with Crippen LogP contribution in [-0.4, -0.2) is 22.5 Å². The number of rotatable bonds is 5. The maximum Gasteiger partial charge on any atom is 0.330 e. The molecule has 1 heterocycles. The molecule has 0 spiro atoms. The summed E-state index contributed by atoms with van der Waals surface area (Å²) in [7, 11) is 0. The van der Waals surface area contributed by atoms with Gasteiger partial charge in [-0.15, -0.1) is 0 Å². The van der Waals surface area contributed by atoms with Gasteiger partial charge in [-0.25, -0.2) is 9.78 Å². The third-order valence-electron chi connectivity index (χ3n) is 2.60. The van der Waals surface area contributed by atoms with Gasteiger partial charge in [0.1, 0.15) is 5.82 Å². The fraction of sp³-hybridized carbons (Fsp3) is 0.200. The zero-order valence-corrected chi connectivity index (χ0v) is 10.8. The number of carbonyl (C=O) groups is 1. The summed E-state index contributed by atoms with van der Waals surface area (Å²) < 4.78 is 4.82. The number of nitrogens with zero attached hydrogens (tertiary/aromatic N) is 1. The van der Waals surface area contributed by atoms with Gasteiger partial charge in [-0.1, -0.05) is 24.3 Å². The molecule has 0 saturated heterocycles. The summed E-state index contributed by atoms with van der Waals surface area (Å²) in [5.74, 6) is 0.622. The first-order valence-electron chi connectivity index (χ1n) is 6.20. The first-order chi connectivity index (χ1) is 9.28. The van der Waals surface area contributed by atoms with Gasteiger partial charge in [0.05, 0.1) is 6.61 Å². The maximum atomic E-state index is 11.2. The lowest BCUT2D eigenvalue weighted by Crippen LogP contribution is -1.98. The first-order valence-corrected chi connectivity index (χ1v) is 6.20. The van der Waals surface area contributed by atoms with Crippen molar-refractivity contribution < 1.29 is 9.53 Å². The minimum Gasteiger partial charge on any atom is -0.463 e. The highest BCUT2D eigenvalue weighted by Gasteiger charge is 1.98. The number of imidazole rings is 1.